The Balaban J connectivity index is 1.69. The highest BCUT2D eigenvalue weighted by molar-refractivity contribution is 6.00. The van der Waals surface area contributed by atoms with Gasteiger partial charge in [0, 0.05) is 25.1 Å². The van der Waals surface area contributed by atoms with Crippen molar-refractivity contribution >= 4 is 23.2 Å². The van der Waals surface area contributed by atoms with Crippen LogP contribution in [0.1, 0.15) is 12.0 Å². The Labute approximate surface area is 128 Å². The molecule has 0 unspecified atom stereocenters. The molecule has 3 rings (SSSR count). The lowest BCUT2D eigenvalue weighted by Crippen LogP contribution is -2.11. The van der Waals surface area contributed by atoms with E-state index >= 15 is 0 Å². The topological polar surface area (TPSA) is 58.7 Å². The van der Waals surface area contributed by atoms with E-state index in [9.17, 15) is 10.1 Å². The van der Waals surface area contributed by atoms with Gasteiger partial charge in [0.25, 0.3) is 5.69 Å². The van der Waals surface area contributed by atoms with E-state index in [1.165, 1.54) is 12.1 Å². The van der Waals surface area contributed by atoms with Gasteiger partial charge in [0.2, 0.25) is 0 Å². The number of para-hydroxylation sites is 1. The molecule has 0 radical (unpaired) electrons. The molecule has 0 saturated heterocycles. The SMILES string of the molecule is O=[N+]([O-])c1ccc(/C=C/C2=NN(c3ccccc3)CC2)cc1. The summed E-state index contributed by atoms with van der Waals surface area (Å²) in [6.07, 6.45) is 4.78. The maximum Gasteiger partial charge on any atom is 0.269 e. The molecule has 0 aliphatic carbocycles. The second kappa shape index (κ2) is 6.22. The van der Waals surface area contributed by atoms with Gasteiger partial charge in [-0.3, -0.25) is 15.1 Å². The summed E-state index contributed by atoms with van der Waals surface area (Å²) in [5, 5.41) is 17.2. The minimum atomic E-state index is -0.397. The zero-order chi connectivity index (χ0) is 15.4. The molecule has 110 valence electrons. The molecule has 0 atom stereocenters. The van der Waals surface area contributed by atoms with Gasteiger partial charge in [-0.25, -0.2) is 0 Å². The zero-order valence-electron chi connectivity index (χ0n) is 11.9. The van der Waals surface area contributed by atoms with E-state index in [2.05, 4.69) is 5.10 Å². The highest BCUT2D eigenvalue weighted by atomic mass is 16.6. The highest BCUT2D eigenvalue weighted by Gasteiger charge is 2.13. The van der Waals surface area contributed by atoms with E-state index in [1.807, 2.05) is 47.5 Å². The predicted molar refractivity (Wildman–Crippen MR) is 88.0 cm³/mol. The van der Waals surface area contributed by atoms with Crippen molar-refractivity contribution in [1.82, 2.24) is 0 Å². The van der Waals surface area contributed by atoms with E-state index in [0.717, 1.165) is 29.9 Å². The number of rotatable bonds is 4. The average molecular weight is 293 g/mol. The van der Waals surface area contributed by atoms with Crippen molar-refractivity contribution in [1.29, 1.82) is 0 Å². The number of hydrogen-bond donors (Lipinski definition) is 0. The summed E-state index contributed by atoms with van der Waals surface area (Å²) in [6, 6.07) is 16.5. The van der Waals surface area contributed by atoms with Crippen molar-refractivity contribution in [2.24, 2.45) is 5.10 Å². The van der Waals surface area contributed by atoms with Gasteiger partial charge in [-0.1, -0.05) is 24.3 Å². The fraction of sp³-hybridized carbons (Fsp3) is 0.118. The van der Waals surface area contributed by atoms with Crippen LogP contribution in [0.2, 0.25) is 0 Å². The van der Waals surface area contributed by atoms with Crippen LogP contribution in [-0.4, -0.2) is 17.2 Å². The number of nitro benzene ring substituents is 1. The minimum absolute atomic E-state index is 0.102. The third kappa shape index (κ3) is 3.20. The van der Waals surface area contributed by atoms with E-state index in [-0.39, 0.29) is 5.69 Å². The van der Waals surface area contributed by atoms with Crippen molar-refractivity contribution in [2.75, 3.05) is 11.6 Å². The molecular formula is C17H15N3O2. The van der Waals surface area contributed by atoms with Gasteiger partial charge in [-0.15, -0.1) is 0 Å². The number of non-ortho nitro benzene ring substituents is 1. The lowest BCUT2D eigenvalue weighted by molar-refractivity contribution is -0.384. The Hall–Kier alpha value is -2.95. The average Bonchev–Trinajstić information content (AvgIpc) is 3.03. The standard InChI is InChI=1S/C17H15N3O2/c21-20(22)17-10-7-14(8-11-17)6-9-15-12-13-19(18-15)16-4-2-1-3-5-16/h1-11H,12-13H2/b9-6+. The zero-order valence-corrected chi connectivity index (χ0v) is 11.9. The van der Waals surface area contributed by atoms with Crippen molar-refractivity contribution < 1.29 is 4.92 Å². The van der Waals surface area contributed by atoms with Crippen LogP contribution in [0.15, 0.2) is 65.8 Å². The molecule has 5 nitrogen and oxygen atoms in total. The lowest BCUT2D eigenvalue weighted by atomic mass is 10.1. The van der Waals surface area contributed by atoms with Crippen LogP contribution in [0.25, 0.3) is 6.08 Å². The third-order valence-corrected chi connectivity index (χ3v) is 3.46. The molecule has 2 aromatic rings. The number of hydrogen-bond acceptors (Lipinski definition) is 4. The monoisotopic (exact) mass is 293 g/mol. The molecule has 0 N–H and O–H groups in total. The molecule has 0 spiro atoms. The smallest absolute Gasteiger partial charge is 0.265 e. The van der Waals surface area contributed by atoms with Crippen molar-refractivity contribution in [2.45, 2.75) is 6.42 Å². The number of nitrogens with zero attached hydrogens (tertiary/aromatic N) is 3. The quantitative estimate of drug-likeness (QED) is 0.635. The molecule has 0 fully saturated rings. The molecule has 2 aromatic carbocycles. The molecule has 1 aliphatic rings. The summed E-state index contributed by atoms with van der Waals surface area (Å²) >= 11 is 0. The summed E-state index contributed by atoms with van der Waals surface area (Å²) in [6.45, 7) is 0.865. The number of anilines is 1. The van der Waals surface area contributed by atoms with Gasteiger partial charge in [-0.2, -0.15) is 5.10 Å². The predicted octanol–water partition coefficient (Wildman–Crippen LogP) is 3.87. The van der Waals surface area contributed by atoms with Gasteiger partial charge in [-0.05, 0) is 35.9 Å². The first-order valence-electron chi connectivity index (χ1n) is 7.05. The van der Waals surface area contributed by atoms with E-state index in [1.54, 1.807) is 12.1 Å². The lowest BCUT2D eigenvalue weighted by Gasteiger charge is -2.12. The summed E-state index contributed by atoms with van der Waals surface area (Å²) < 4.78 is 0. The second-order valence-electron chi connectivity index (χ2n) is 4.98. The fourth-order valence-corrected chi connectivity index (χ4v) is 2.28. The summed E-state index contributed by atoms with van der Waals surface area (Å²) in [5.74, 6) is 0. The molecule has 0 amide bonds. The fourth-order valence-electron chi connectivity index (χ4n) is 2.28. The minimum Gasteiger partial charge on any atom is -0.265 e. The van der Waals surface area contributed by atoms with Gasteiger partial charge in [0.1, 0.15) is 0 Å². The van der Waals surface area contributed by atoms with Crippen molar-refractivity contribution in [3.05, 3.63) is 76.4 Å². The molecule has 0 bridgehead atoms. The summed E-state index contributed by atoms with van der Waals surface area (Å²) in [7, 11) is 0. The molecule has 1 aliphatic heterocycles. The van der Waals surface area contributed by atoms with Crippen LogP contribution < -0.4 is 5.01 Å². The Bertz CT molecular complexity index is 721. The highest BCUT2D eigenvalue weighted by Crippen LogP contribution is 2.19. The Morgan fingerprint density at radius 1 is 1.05 bits per heavy atom. The van der Waals surface area contributed by atoms with Crippen LogP contribution in [0, 0.1) is 10.1 Å². The van der Waals surface area contributed by atoms with Crippen molar-refractivity contribution in [3.63, 3.8) is 0 Å². The Morgan fingerprint density at radius 3 is 2.45 bits per heavy atom. The van der Waals surface area contributed by atoms with Gasteiger partial charge in [0.05, 0.1) is 16.3 Å². The van der Waals surface area contributed by atoms with Gasteiger partial charge < -0.3 is 0 Å². The molecule has 0 saturated carbocycles. The van der Waals surface area contributed by atoms with Gasteiger partial charge >= 0.3 is 0 Å². The second-order valence-corrected chi connectivity index (χ2v) is 4.98. The van der Waals surface area contributed by atoms with Crippen LogP contribution in [0.4, 0.5) is 11.4 Å². The van der Waals surface area contributed by atoms with E-state index in [4.69, 9.17) is 0 Å². The largest absolute Gasteiger partial charge is 0.269 e. The Morgan fingerprint density at radius 2 is 1.77 bits per heavy atom. The maximum atomic E-state index is 10.6. The first kappa shape index (κ1) is 14.0. The van der Waals surface area contributed by atoms with Crippen molar-refractivity contribution in [3.8, 4) is 0 Å². The number of benzene rings is 2. The molecule has 22 heavy (non-hydrogen) atoms. The van der Waals surface area contributed by atoms with Crippen LogP contribution in [0.3, 0.4) is 0 Å². The third-order valence-electron chi connectivity index (χ3n) is 3.46. The molecule has 1 heterocycles. The maximum absolute atomic E-state index is 10.6. The molecule has 0 aromatic heterocycles. The number of hydrazone groups is 1. The molecular weight excluding hydrogens is 278 g/mol. The normalized spacial score (nSPS) is 14.4. The van der Waals surface area contributed by atoms with E-state index < -0.39 is 4.92 Å². The summed E-state index contributed by atoms with van der Waals surface area (Å²) in [5.41, 5.74) is 3.11. The first-order valence-corrected chi connectivity index (χ1v) is 7.05. The summed E-state index contributed by atoms with van der Waals surface area (Å²) in [4.78, 5) is 10.2. The van der Waals surface area contributed by atoms with E-state index in [0.29, 0.717) is 0 Å². The number of allylic oxidation sites excluding steroid dienone is 1. The number of nitro groups is 1. The van der Waals surface area contributed by atoms with Crippen LogP contribution >= 0.6 is 0 Å². The van der Waals surface area contributed by atoms with Crippen LogP contribution in [-0.2, 0) is 0 Å². The van der Waals surface area contributed by atoms with Crippen LogP contribution in [0.5, 0.6) is 0 Å². The first-order chi connectivity index (χ1) is 10.7. The molecule has 5 heteroatoms. The Kier molecular flexibility index (Phi) is 3.96. The van der Waals surface area contributed by atoms with Gasteiger partial charge in [0.15, 0.2) is 0 Å².